The Balaban J connectivity index is 1.78. The van der Waals surface area contributed by atoms with E-state index in [1.807, 2.05) is 37.3 Å². The van der Waals surface area contributed by atoms with Crippen molar-refractivity contribution in [1.29, 1.82) is 0 Å². The predicted molar refractivity (Wildman–Crippen MR) is 92.8 cm³/mol. The number of carbonyl (C=O) groups excluding carboxylic acids is 2. The molecule has 0 saturated carbocycles. The predicted octanol–water partition coefficient (Wildman–Crippen LogP) is 2.67. The molecule has 0 aliphatic rings. The van der Waals surface area contributed by atoms with E-state index in [1.54, 1.807) is 18.2 Å². The summed E-state index contributed by atoms with van der Waals surface area (Å²) >= 11 is 5.87. The number of benzene rings is 2. The summed E-state index contributed by atoms with van der Waals surface area (Å²) in [7, 11) is 0. The van der Waals surface area contributed by atoms with Crippen molar-refractivity contribution in [2.75, 3.05) is 6.61 Å². The van der Waals surface area contributed by atoms with Crippen molar-refractivity contribution in [3.8, 4) is 5.75 Å². The quantitative estimate of drug-likeness (QED) is 0.790. The van der Waals surface area contributed by atoms with Gasteiger partial charge in [0, 0.05) is 18.1 Å². The van der Waals surface area contributed by atoms with Gasteiger partial charge in [-0.3, -0.25) is 9.59 Å². The third kappa shape index (κ3) is 5.59. The number of halogens is 1. The van der Waals surface area contributed by atoms with Crippen LogP contribution in [0, 0.1) is 0 Å². The average Bonchev–Trinajstić information content (AvgIpc) is 2.59. The molecule has 0 spiro atoms. The van der Waals surface area contributed by atoms with Gasteiger partial charge in [0.2, 0.25) is 0 Å². The van der Waals surface area contributed by atoms with Crippen LogP contribution in [0.5, 0.6) is 5.75 Å². The lowest BCUT2D eigenvalue weighted by Gasteiger charge is -2.08. The van der Waals surface area contributed by atoms with Crippen LogP contribution in [0.2, 0.25) is 5.02 Å². The number of nitrogens with one attached hydrogen (secondary N) is 2. The highest BCUT2D eigenvalue weighted by Crippen LogP contribution is 2.12. The van der Waals surface area contributed by atoms with Gasteiger partial charge in [-0.05, 0) is 42.3 Å². The van der Waals surface area contributed by atoms with E-state index in [0.717, 1.165) is 16.9 Å². The Morgan fingerprint density at radius 3 is 2.17 bits per heavy atom. The zero-order chi connectivity index (χ0) is 17.4. The first-order chi connectivity index (χ1) is 11.6. The van der Waals surface area contributed by atoms with E-state index >= 15 is 0 Å². The highest BCUT2D eigenvalue weighted by atomic mass is 35.5. The third-order valence-electron chi connectivity index (χ3n) is 3.24. The molecule has 2 amide bonds. The molecule has 0 radical (unpaired) electrons. The van der Waals surface area contributed by atoms with Crippen LogP contribution in [-0.2, 0) is 22.7 Å². The Morgan fingerprint density at radius 1 is 0.958 bits per heavy atom. The molecule has 0 unspecified atom stereocenters. The molecule has 24 heavy (non-hydrogen) atoms. The number of rotatable bonds is 6. The molecule has 6 heteroatoms. The largest absolute Gasteiger partial charge is 0.494 e. The fraction of sp³-hybridized carbons (Fsp3) is 0.222. The van der Waals surface area contributed by atoms with E-state index in [4.69, 9.17) is 16.3 Å². The van der Waals surface area contributed by atoms with Gasteiger partial charge in [-0.15, -0.1) is 0 Å². The SMILES string of the molecule is CCOc1ccc(CNC(=O)C(=O)NCc2cccc(Cl)c2)cc1. The molecule has 126 valence electrons. The molecule has 2 rings (SSSR count). The first-order valence-electron chi connectivity index (χ1n) is 7.60. The zero-order valence-electron chi connectivity index (χ0n) is 13.3. The lowest BCUT2D eigenvalue weighted by molar-refractivity contribution is -0.139. The van der Waals surface area contributed by atoms with Crippen LogP contribution in [-0.4, -0.2) is 18.4 Å². The highest BCUT2D eigenvalue weighted by Gasteiger charge is 2.12. The number of hydrogen-bond acceptors (Lipinski definition) is 3. The molecular weight excluding hydrogens is 328 g/mol. The Morgan fingerprint density at radius 2 is 1.58 bits per heavy atom. The summed E-state index contributed by atoms with van der Waals surface area (Å²) in [4.78, 5) is 23.6. The minimum absolute atomic E-state index is 0.246. The fourth-order valence-electron chi connectivity index (χ4n) is 2.04. The Hall–Kier alpha value is -2.53. The number of hydrogen-bond donors (Lipinski definition) is 2. The van der Waals surface area contributed by atoms with E-state index in [2.05, 4.69) is 10.6 Å². The van der Waals surface area contributed by atoms with Crippen LogP contribution in [0.3, 0.4) is 0 Å². The molecule has 0 aliphatic carbocycles. The molecule has 2 aromatic carbocycles. The Bertz CT molecular complexity index is 702. The van der Waals surface area contributed by atoms with Crippen molar-refractivity contribution >= 4 is 23.4 Å². The molecular formula is C18H19ClN2O3. The van der Waals surface area contributed by atoms with Gasteiger partial charge in [0.1, 0.15) is 5.75 Å². The Labute approximate surface area is 146 Å². The average molecular weight is 347 g/mol. The molecule has 2 N–H and O–H groups in total. The van der Waals surface area contributed by atoms with Crippen molar-refractivity contribution in [2.45, 2.75) is 20.0 Å². The standard InChI is InChI=1S/C18H19ClN2O3/c1-2-24-16-8-6-13(7-9-16)11-20-17(22)18(23)21-12-14-4-3-5-15(19)10-14/h3-10H,2,11-12H2,1H3,(H,20,22)(H,21,23). The molecule has 0 aliphatic heterocycles. The van der Waals surface area contributed by atoms with E-state index < -0.39 is 11.8 Å². The summed E-state index contributed by atoms with van der Waals surface area (Å²) in [5, 5.41) is 5.72. The summed E-state index contributed by atoms with van der Waals surface area (Å²) in [5.74, 6) is -0.585. The molecule has 0 aromatic heterocycles. The summed E-state index contributed by atoms with van der Waals surface area (Å²) in [5.41, 5.74) is 1.71. The molecule has 0 fully saturated rings. The van der Waals surface area contributed by atoms with Crippen LogP contribution in [0.1, 0.15) is 18.1 Å². The van der Waals surface area contributed by atoms with E-state index in [9.17, 15) is 9.59 Å². The minimum Gasteiger partial charge on any atom is -0.494 e. The van der Waals surface area contributed by atoms with E-state index in [0.29, 0.717) is 11.6 Å². The topological polar surface area (TPSA) is 67.4 Å². The van der Waals surface area contributed by atoms with Crippen molar-refractivity contribution in [1.82, 2.24) is 10.6 Å². The minimum atomic E-state index is -0.680. The van der Waals surface area contributed by atoms with Gasteiger partial charge in [0.05, 0.1) is 6.61 Å². The summed E-state index contributed by atoms with van der Waals surface area (Å²) < 4.78 is 5.35. The zero-order valence-corrected chi connectivity index (χ0v) is 14.1. The molecule has 5 nitrogen and oxygen atoms in total. The van der Waals surface area contributed by atoms with E-state index in [-0.39, 0.29) is 13.1 Å². The van der Waals surface area contributed by atoms with Crippen LogP contribution in [0.25, 0.3) is 0 Å². The second kappa shape index (κ2) is 8.93. The number of amides is 2. The molecule has 2 aromatic rings. The van der Waals surface area contributed by atoms with Crippen molar-refractivity contribution < 1.29 is 14.3 Å². The van der Waals surface area contributed by atoms with Crippen molar-refractivity contribution in [3.05, 3.63) is 64.7 Å². The maximum absolute atomic E-state index is 11.8. The van der Waals surface area contributed by atoms with Gasteiger partial charge in [-0.2, -0.15) is 0 Å². The normalized spacial score (nSPS) is 10.1. The lowest BCUT2D eigenvalue weighted by atomic mass is 10.2. The van der Waals surface area contributed by atoms with Crippen molar-refractivity contribution in [3.63, 3.8) is 0 Å². The maximum Gasteiger partial charge on any atom is 0.309 e. The Kier molecular flexibility index (Phi) is 6.63. The maximum atomic E-state index is 11.8. The lowest BCUT2D eigenvalue weighted by Crippen LogP contribution is -2.39. The van der Waals surface area contributed by atoms with Gasteiger partial charge in [-0.1, -0.05) is 35.9 Å². The van der Waals surface area contributed by atoms with Gasteiger partial charge in [0.25, 0.3) is 0 Å². The number of carbonyl (C=O) groups is 2. The fourth-order valence-corrected chi connectivity index (χ4v) is 2.26. The first kappa shape index (κ1) is 17.8. The summed E-state index contributed by atoms with van der Waals surface area (Å²) in [6.45, 7) is 3.03. The molecule has 0 saturated heterocycles. The number of ether oxygens (including phenoxy) is 1. The highest BCUT2D eigenvalue weighted by molar-refractivity contribution is 6.35. The van der Waals surface area contributed by atoms with Crippen molar-refractivity contribution in [2.24, 2.45) is 0 Å². The summed E-state index contributed by atoms with van der Waals surface area (Å²) in [6.07, 6.45) is 0. The van der Waals surface area contributed by atoms with Crippen LogP contribution < -0.4 is 15.4 Å². The smallest absolute Gasteiger partial charge is 0.309 e. The monoisotopic (exact) mass is 346 g/mol. The van der Waals surface area contributed by atoms with Crippen LogP contribution in [0.15, 0.2) is 48.5 Å². The third-order valence-corrected chi connectivity index (χ3v) is 3.47. The van der Waals surface area contributed by atoms with E-state index in [1.165, 1.54) is 0 Å². The van der Waals surface area contributed by atoms with Crippen LogP contribution in [0.4, 0.5) is 0 Å². The molecule has 0 heterocycles. The molecule has 0 atom stereocenters. The van der Waals surface area contributed by atoms with Gasteiger partial charge < -0.3 is 15.4 Å². The summed E-state index contributed by atoms with van der Waals surface area (Å²) in [6, 6.07) is 14.4. The van der Waals surface area contributed by atoms with Gasteiger partial charge in [0.15, 0.2) is 0 Å². The van der Waals surface area contributed by atoms with Crippen LogP contribution >= 0.6 is 11.6 Å². The molecule has 0 bridgehead atoms. The second-order valence-corrected chi connectivity index (χ2v) is 5.51. The second-order valence-electron chi connectivity index (χ2n) is 5.07. The van der Waals surface area contributed by atoms with Gasteiger partial charge in [-0.25, -0.2) is 0 Å². The first-order valence-corrected chi connectivity index (χ1v) is 7.98. The van der Waals surface area contributed by atoms with Gasteiger partial charge >= 0.3 is 11.8 Å².